The second-order valence-electron chi connectivity index (χ2n) is 4.95. The Morgan fingerprint density at radius 1 is 1.35 bits per heavy atom. The van der Waals surface area contributed by atoms with Crippen molar-refractivity contribution in [3.05, 3.63) is 47.2 Å². The van der Waals surface area contributed by atoms with Crippen LogP contribution in [0.3, 0.4) is 0 Å². The number of amides is 1. The zero-order chi connectivity index (χ0) is 14.5. The first-order chi connectivity index (χ1) is 9.60. The first kappa shape index (κ1) is 14.3. The van der Waals surface area contributed by atoms with Crippen LogP contribution >= 0.6 is 0 Å². The molecule has 0 fully saturated rings. The number of nitrogens with one attached hydrogen (secondary N) is 2. The van der Waals surface area contributed by atoms with Gasteiger partial charge in [-0.1, -0.05) is 26.0 Å². The van der Waals surface area contributed by atoms with Gasteiger partial charge in [-0.2, -0.15) is 5.10 Å². The van der Waals surface area contributed by atoms with Crippen molar-refractivity contribution in [2.24, 2.45) is 0 Å². The maximum absolute atomic E-state index is 12.1. The smallest absolute Gasteiger partial charge is 0.256 e. The molecule has 0 aliphatic rings. The van der Waals surface area contributed by atoms with Crippen LogP contribution in [0.1, 0.15) is 41.4 Å². The number of H-pyrrole nitrogens is 1. The lowest BCUT2D eigenvalue weighted by Crippen LogP contribution is -2.12. The number of hydrogen-bond donors (Lipinski definition) is 2. The molecule has 0 aliphatic heterocycles. The fraction of sp³-hybridized carbons (Fsp3) is 0.333. The molecular formula is C15H19N3O2. The monoisotopic (exact) mass is 273 g/mol. The third-order valence-electron chi connectivity index (χ3n) is 2.99. The second kappa shape index (κ2) is 6.34. The highest BCUT2D eigenvalue weighted by Crippen LogP contribution is 2.15. The summed E-state index contributed by atoms with van der Waals surface area (Å²) in [7, 11) is 1.64. The van der Waals surface area contributed by atoms with Gasteiger partial charge in [0, 0.05) is 24.4 Å². The Balaban J connectivity index is 2.03. The summed E-state index contributed by atoms with van der Waals surface area (Å²) >= 11 is 0. The third kappa shape index (κ3) is 3.45. The minimum Gasteiger partial charge on any atom is -0.380 e. The van der Waals surface area contributed by atoms with Gasteiger partial charge in [-0.15, -0.1) is 0 Å². The SMILES string of the molecule is COCc1ccc(C(=O)Nc2cc(C(C)C)[nH]n2)cc1. The molecule has 0 spiro atoms. The predicted octanol–water partition coefficient (Wildman–Crippen LogP) is 2.93. The van der Waals surface area contributed by atoms with E-state index in [1.54, 1.807) is 19.2 Å². The first-order valence-electron chi connectivity index (χ1n) is 6.54. The molecule has 0 saturated heterocycles. The lowest BCUT2D eigenvalue weighted by molar-refractivity contribution is 0.102. The summed E-state index contributed by atoms with van der Waals surface area (Å²) in [6.45, 7) is 4.67. The van der Waals surface area contributed by atoms with Crippen molar-refractivity contribution < 1.29 is 9.53 Å². The average Bonchev–Trinajstić information content (AvgIpc) is 2.88. The zero-order valence-electron chi connectivity index (χ0n) is 11.9. The molecule has 1 heterocycles. The lowest BCUT2D eigenvalue weighted by atomic mass is 10.1. The molecule has 5 nitrogen and oxygen atoms in total. The zero-order valence-corrected chi connectivity index (χ0v) is 11.9. The standard InChI is InChI=1S/C15H19N3O2/c1-10(2)13-8-14(18-17-13)16-15(19)12-6-4-11(5-7-12)9-20-3/h4-8,10H,9H2,1-3H3,(H2,16,17,18,19). The fourth-order valence-electron chi connectivity index (χ4n) is 1.80. The molecule has 2 aromatic rings. The number of carbonyl (C=O) groups excluding carboxylic acids is 1. The number of methoxy groups -OCH3 is 1. The number of anilines is 1. The van der Waals surface area contributed by atoms with Crippen LogP contribution < -0.4 is 5.32 Å². The Kier molecular flexibility index (Phi) is 4.53. The third-order valence-corrected chi connectivity index (χ3v) is 2.99. The van der Waals surface area contributed by atoms with Crippen molar-refractivity contribution in [2.45, 2.75) is 26.4 Å². The van der Waals surface area contributed by atoms with Gasteiger partial charge in [-0.05, 0) is 23.6 Å². The molecule has 0 radical (unpaired) electrons. The number of ether oxygens (including phenoxy) is 1. The van der Waals surface area contributed by atoms with Gasteiger partial charge in [-0.3, -0.25) is 9.89 Å². The summed E-state index contributed by atoms with van der Waals surface area (Å²) in [5, 5.41) is 9.75. The summed E-state index contributed by atoms with van der Waals surface area (Å²) in [6, 6.07) is 9.16. The fourth-order valence-corrected chi connectivity index (χ4v) is 1.80. The Bertz CT molecular complexity index is 573. The number of rotatable bonds is 5. The van der Waals surface area contributed by atoms with E-state index in [4.69, 9.17) is 4.74 Å². The topological polar surface area (TPSA) is 67.0 Å². The maximum atomic E-state index is 12.1. The van der Waals surface area contributed by atoms with Crippen LogP contribution in [0.15, 0.2) is 30.3 Å². The van der Waals surface area contributed by atoms with Gasteiger partial charge in [0.2, 0.25) is 0 Å². The lowest BCUT2D eigenvalue weighted by Gasteiger charge is -2.03. The summed E-state index contributed by atoms with van der Waals surface area (Å²) < 4.78 is 5.03. The summed E-state index contributed by atoms with van der Waals surface area (Å²) in [4.78, 5) is 12.1. The highest BCUT2D eigenvalue weighted by Gasteiger charge is 2.09. The molecule has 1 amide bonds. The van der Waals surface area contributed by atoms with Gasteiger partial charge in [0.05, 0.1) is 6.61 Å². The maximum Gasteiger partial charge on any atom is 0.256 e. The Hall–Kier alpha value is -2.14. The molecule has 0 bridgehead atoms. The molecule has 2 N–H and O–H groups in total. The first-order valence-corrected chi connectivity index (χ1v) is 6.54. The van der Waals surface area contributed by atoms with E-state index < -0.39 is 0 Å². The van der Waals surface area contributed by atoms with Crippen LogP contribution in [0.25, 0.3) is 0 Å². The minimum atomic E-state index is -0.171. The van der Waals surface area contributed by atoms with Crippen molar-refractivity contribution in [1.29, 1.82) is 0 Å². The summed E-state index contributed by atoms with van der Waals surface area (Å²) in [5.74, 6) is 0.719. The molecular weight excluding hydrogens is 254 g/mol. The quantitative estimate of drug-likeness (QED) is 0.880. The number of hydrogen-bond acceptors (Lipinski definition) is 3. The van der Waals surface area contributed by atoms with E-state index in [9.17, 15) is 4.79 Å². The van der Waals surface area contributed by atoms with Crippen LogP contribution in [-0.2, 0) is 11.3 Å². The van der Waals surface area contributed by atoms with Gasteiger partial charge in [0.1, 0.15) is 0 Å². The van der Waals surface area contributed by atoms with Crippen molar-refractivity contribution in [2.75, 3.05) is 12.4 Å². The van der Waals surface area contributed by atoms with E-state index in [2.05, 4.69) is 29.4 Å². The van der Waals surface area contributed by atoms with Crippen LogP contribution in [0, 0.1) is 0 Å². The van der Waals surface area contributed by atoms with Crippen molar-refractivity contribution in [1.82, 2.24) is 10.2 Å². The molecule has 106 valence electrons. The Labute approximate surface area is 118 Å². The van der Waals surface area contributed by atoms with E-state index in [1.165, 1.54) is 0 Å². The molecule has 0 atom stereocenters. The minimum absolute atomic E-state index is 0.171. The molecule has 2 rings (SSSR count). The van der Waals surface area contributed by atoms with Crippen LogP contribution in [0.4, 0.5) is 5.82 Å². The van der Waals surface area contributed by atoms with E-state index in [0.29, 0.717) is 23.9 Å². The van der Waals surface area contributed by atoms with Crippen LogP contribution in [0.2, 0.25) is 0 Å². The molecule has 5 heteroatoms. The molecule has 0 aliphatic carbocycles. The van der Waals surface area contributed by atoms with Crippen LogP contribution in [-0.4, -0.2) is 23.2 Å². The van der Waals surface area contributed by atoms with Gasteiger partial charge in [0.25, 0.3) is 5.91 Å². The number of nitrogens with zero attached hydrogens (tertiary/aromatic N) is 1. The van der Waals surface area contributed by atoms with E-state index in [0.717, 1.165) is 11.3 Å². The largest absolute Gasteiger partial charge is 0.380 e. The van der Waals surface area contributed by atoms with Gasteiger partial charge < -0.3 is 10.1 Å². The van der Waals surface area contributed by atoms with Crippen LogP contribution in [0.5, 0.6) is 0 Å². The van der Waals surface area contributed by atoms with Gasteiger partial charge in [-0.25, -0.2) is 0 Å². The molecule has 1 aromatic heterocycles. The highest BCUT2D eigenvalue weighted by molar-refractivity contribution is 6.03. The highest BCUT2D eigenvalue weighted by atomic mass is 16.5. The van der Waals surface area contributed by atoms with Crippen molar-refractivity contribution in [3.63, 3.8) is 0 Å². The number of carbonyl (C=O) groups is 1. The number of aromatic nitrogens is 2. The number of aromatic amines is 1. The average molecular weight is 273 g/mol. The van der Waals surface area contributed by atoms with Gasteiger partial charge in [0.15, 0.2) is 5.82 Å². The molecule has 20 heavy (non-hydrogen) atoms. The normalized spacial score (nSPS) is 10.8. The number of benzene rings is 1. The summed E-state index contributed by atoms with van der Waals surface area (Å²) in [6.07, 6.45) is 0. The Morgan fingerprint density at radius 3 is 2.60 bits per heavy atom. The van der Waals surface area contributed by atoms with E-state index >= 15 is 0 Å². The molecule has 0 unspecified atom stereocenters. The summed E-state index contributed by atoms with van der Waals surface area (Å²) in [5.41, 5.74) is 2.63. The predicted molar refractivity (Wildman–Crippen MR) is 77.8 cm³/mol. The Morgan fingerprint density at radius 2 is 2.05 bits per heavy atom. The van der Waals surface area contributed by atoms with Gasteiger partial charge >= 0.3 is 0 Å². The molecule has 0 saturated carbocycles. The van der Waals surface area contributed by atoms with Crippen molar-refractivity contribution in [3.8, 4) is 0 Å². The van der Waals surface area contributed by atoms with Crippen molar-refractivity contribution >= 4 is 11.7 Å². The van der Waals surface area contributed by atoms with E-state index in [-0.39, 0.29) is 5.91 Å². The second-order valence-corrected chi connectivity index (χ2v) is 4.95. The van der Waals surface area contributed by atoms with E-state index in [1.807, 2.05) is 18.2 Å². The molecule has 1 aromatic carbocycles.